The summed E-state index contributed by atoms with van der Waals surface area (Å²) in [7, 11) is 0. The summed E-state index contributed by atoms with van der Waals surface area (Å²) in [6, 6.07) is 10.9. The number of H-pyrrole nitrogens is 2. The van der Waals surface area contributed by atoms with E-state index in [0.717, 1.165) is 5.56 Å². The number of hydrogen-bond donors (Lipinski definition) is 3. The molecule has 7 heteroatoms. The highest BCUT2D eigenvalue weighted by atomic mass is 16.5. The standard InChI is InChI=1S/C14H10N4O3/c15-6-8-9(7-4-2-1-3-5-7)10-11(21-12(8)16)13(19)18-14(20)17-10/h1-5,9H,16H2,(H2,17,18,19,20)/t9-/m1/s1. The van der Waals surface area contributed by atoms with E-state index in [4.69, 9.17) is 10.5 Å². The minimum Gasteiger partial charge on any atom is -0.433 e. The molecule has 0 aliphatic carbocycles. The van der Waals surface area contributed by atoms with Crippen molar-refractivity contribution in [3.63, 3.8) is 0 Å². The molecule has 2 aromatic rings. The summed E-state index contributed by atoms with van der Waals surface area (Å²) in [6.07, 6.45) is 0. The van der Waals surface area contributed by atoms with Gasteiger partial charge in [0.15, 0.2) is 0 Å². The quantitative estimate of drug-likeness (QED) is 0.692. The summed E-state index contributed by atoms with van der Waals surface area (Å²) in [5, 5.41) is 9.31. The van der Waals surface area contributed by atoms with Gasteiger partial charge in [-0.1, -0.05) is 30.3 Å². The molecule has 3 rings (SSSR count). The Morgan fingerprint density at radius 2 is 1.90 bits per heavy atom. The highest BCUT2D eigenvalue weighted by molar-refractivity contribution is 5.51. The molecule has 0 saturated heterocycles. The van der Waals surface area contributed by atoms with Crippen LogP contribution in [0.1, 0.15) is 17.2 Å². The topological polar surface area (TPSA) is 125 Å². The third kappa shape index (κ3) is 1.99. The van der Waals surface area contributed by atoms with Gasteiger partial charge in [0.05, 0.1) is 11.6 Å². The fourth-order valence-corrected chi connectivity index (χ4v) is 2.35. The van der Waals surface area contributed by atoms with Crippen molar-refractivity contribution in [3.8, 4) is 11.8 Å². The van der Waals surface area contributed by atoms with E-state index in [9.17, 15) is 14.9 Å². The molecule has 104 valence electrons. The monoisotopic (exact) mass is 282 g/mol. The number of hydrogen-bond acceptors (Lipinski definition) is 5. The van der Waals surface area contributed by atoms with E-state index in [1.54, 1.807) is 24.3 Å². The van der Waals surface area contributed by atoms with Crippen molar-refractivity contribution in [2.45, 2.75) is 5.92 Å². The highest BCUT2D eigenvalue weighted by Crippen LogP contribution is 2.38. The van der Waals surface area contributed by atoms with Crippen LogP contribution in [-0.4, -0.2) is 9.97 Å². The highest BCUT2D eigenvalue weighted by Gasteiger charge is 2.33. The van der Waals surface area contributed by atoms with E-state index in [1.165, 1.54) is 0 Å². The minimum absolute atomic E-state index is 0.0973. The lowest BCUT2D eigenvalue weighted by molar-refractivity contribution is 0.381. The Labute approximate surface area is 118 Å². The molecule has 1 atom stereocenters. The Kier molecular flexibility index (Phi) is 2.84. The second-order valence-corrected chi connectivity index (χ2v) is 4.49. The number of aromatic amines is 2. The maximum absolute atomic E-state index is 11.8. The van der Waals surface area contributed by atoms with Crippen LogP contribution in [0.4, 0.5) is 0 Å². The van der Waals surface area contributed by atoms with Crippen LogP contribution in [0.25, 0.3) is 0 Å². The smallest absolute Gasteiger partial charge is 0.326 e. The molecule has 0 radical (unpaired) electrons. The molecule has 0 amide bonds. The molecule has 0 fully saturated rings. The van der Waals surface area contributed by atoms with E-state index in [-0.39, 0.29) is 22.9 Å². The maximum atomic E-state index is 11.8. The van der Waals surface area contributed by atoms with Gasteiger partial charge >= 0.3 is 5.69 Å². The molecular formula is C14H10N4O3. The number of benzene rings is 1. The normalized spacial score (nSPS) is 16.8. The van der Waals surface area contributed by atoms with Gasteiger partial charge in [0.1, 0.15) is 11.6 Å². The largest absolute Gasteiger partial charge is 0.433 e. The first kappa shape index (κ1) is 12.7. The van der Waals surface area contributed by atoms with Gasteiger partial charge in [0, 0.05) is 0 Å². The zero-order valence-electron chi connectivity index (χ0n) is 10.7. The average molecular weight is 282 g/mol. The second-order valence-electron chi connectivity index (χ2n) is 4.49. The summed E-state index contributed by atoms with van der Waals surface area (Å²) < 4.78 is 5.19. The van der Waals surface area contributed by atoms with Crippen LogP contribution in [0.15, 0.2) is 51.4 Å². The summed E-state index contributed by atoms with van der Waals surface area (Å²) in [5.41, 5.74) is 5.47. The number of allylic oxidation sites excluding steroid dienone is 1. The van der Waals surface area contributed by atoms with Crippen LogP contribution in [0.3, 0.4) is 0 Å². The summed E-state index contributed by atoms with van der Waals surface area (Å²) in [4.78, 5) is 28.0. The Balaban J connectivity index is 2.34. The van der Waals surface area contributed by atoms with Crippen molar-refractivity contribution in [2.24, 2.45) is 5.73 Å². The van der Waals surface area contributed by atoms with Crippen LogP contribution in [0.2, 0.25) is 0 Å². The maximum Gasteiger partial charge on any atom is 0.326 e. The van der Waals surface area contributed by atoms with Crippen LogP contribution in [-0.2, 0) is 0 Å². The predicted octanol–water partition coefficient (Wildman–Crippen LogP) is 0.281. The third-order valence-corrected chi connectivity index (χ3v) is 3.23. The molecule has 2 heterocycles. The van der Waals surface area contributed by atoms with E-state index in [0.29, 0.717) is 0 Å². The fourth-order valence-electron chi connectivity index (χ4n) is 2.35. The summed E-state index contributed by atoms with van der Waals surface area (Å²) >= 11 is 0. The summed E-state index contributed by atoms with van der Waals surface area (Å²) in [6.45, 7) is 0. The molecule has 1 aliphatic rings. The van der Waals surface area contributed by atoms with Gasteiger partial charge in [-0.2, -0.15) is 5.26 Å². The van der Waals surface area contributed by atoms with Gasteiger partial charge < -0.3 is 15.5 Å². The third-order valence-electron chi connectivity index (χ3n) is 3.23. The number of fused-ring (bicyclic) bond motifs is 1. The zero-order valence-corrected chi connectivity index (χ0v) is 10.7. The van der Waals surface area contributed by atoms with E-state index < -0.39 is 17.2 Å². The Bertz CT molecular complexity index is 887. The molecule has 4 N–H and O–H groups in total. The number of rotatable bonds is 1. The van der Waals surface area contributed by atoms with Crippen molar-refractivity contribution in [3.05, 3.63) is 73.9 Å². The lowest BCUT2D eigenvalue weighted by atomic mass is 9.87. The lowest BCUT2D eigenvalue weighted by Crippen LogP contribution is -2.32. The van der Waals surface area contributed by atoms with Crippen molar-refractivity contribution in [2.75, 3.05) is 0 Å². The molecule has 1 aromatic carbocycles. The number of nitrogens with two attached hydrogens (primary N) is 1. The van der Waals surface area contributed by atoms with Gasteiger partial charge in [-0.05, 0) is 5.56 Å². The second kappa shape index (κ2) is 4.68. The fraction of sp³-hybridized carbons (Fsp3) is 0.0714. The van der Waals surface area contributed by atoms with Crippen LogP contribution >= 0.6 is 0 Å². The molecule has 21 heavy (non-hydrogen) atoms. The van der Waals surface area contributed by atoms with Gasteiger partial charge in [-0.3, -0.25) is 9.78 Å². The lowest BCUT2D eigenvalue weighted by Gasteiger charge is -2.24. The minimum atomic E-state index is -0.686. The van der Waals surface area contributed by atoms with Crippen molar-refractivity contribution < 1.29 is 4.74 Å². The van der Waals surface area contributed by atoms with Gasteiger partial charge in [0.2, 0.25) is 11.6 Å². The number of ether oxygens (including phenoxy) is 1. The first-order chi connectivity index (χ1) is 10.1. The van der Waals surface area contributed by atoms with Gasteiger partial charge in [-0.15, -0.1) is 0 Å². The molecule has 0 bridgehead atoms. The molecule has 0 unspecified atom stereocenters. The molecule has 0 spiro atoms. The van der Waals surface area contributed by atoms with Crippen molar-refractivity contribution in [1.82, 2.24) is 9.97 Å². The van der Waals surface area contributed by atoms with Crippen molar-refractivity contribution >= 4 is 0 Å². The molecule has 7 nitrogen and oxygen atoms in total. The van der Waals surface area contributed by atoms with E-state index >= 15 is 0 Å². The molecular weight excluding hydrogens is 272 g/mol. The zero-order chi connectivity index (χ0) is 15.0. The average Bonchev–Trinajstić information content (AvgIpc) is 2.48. The molecule has 1 aromatic heterocycles. The SMILES string of the molecule is N#CC1=C(N)Oc2c([nH]c(=O)[nH]c2=O)[C@@H]1c1ccccc1. The number of aromatic nitrogens is 2. The van der Waals surface area contributed by atoms with E-state index in [1.807, 2.05) is 12.1 Å². The number of nitriles is 1. The number of nitrogens with zero attached hydrogens (tertiary/aromatic N) is 1. The van der Waals surface area contributed by atoms with Crippen LogP contribution in [0, 0.1) is 11.3 Å². The van der Waals surface area contributed by atoms with Crippen LogP contribution < -0.4 is 21.7 Å². The first-order valence-electron chi connectivity index (χ1n) is 6.11. The Morgan fingerprint density at radius 3 is 2.57 bits per heavy atom. The van der Waals surface area contributed by atoms with E-state index in [2.05, 4.69) is 9.97 Å². The predicted molar refractivity (Wildman–Crippen MR) is 73.4 cm³/mol. The Hall–Kier alpha value is -3.27. The van der Waals surface area contributed by atoms with Crippen molar-refractivity contribution in [1.29, 1.82) is 5.26 Å². The van der Waals surface area contributed by atoms with Gasteiger partial charge in [0.25, 0.3) is 5.56 Å². The summed E-state index contributed by atoms with van der Waals surface area (Å²) in [5.74, 6) is -0.883. The Morgan fingerprint density at radius 1 is 1.19 bits per heavy atom. The first-order valence-corrected chi connectivity index (χ1v) is 6.11. The number of nitrogens with one attached hydrogen (secondary N) is 2. The van der Waals surface area contributed by atoms with Gasteiger partial charge in [-0.25, -0.2) is 4.79 Å². The molecule has 0 saturated carbocycles. The van der Waals surface area contributed by atoms with Crippen LogP contribution in [0.5, 0.6) is 5.75 Å². The molecule has 1 aliphatic heterocycles.